The molecule has 1 aliphatic rings. The van der Waals surface area contributed by atoms with Gasteiger partial charge < -0.3 is 5.73 Å². The van der Waals surface area contributed by atoms with Crippen LogP contribution in [0.1, 0.15) is 47.1 Å². The fraction of sp³-hybridized carbons (Fsp3) is 0.294. The lowest BCUT2D eigenvalue weighted by atomic mass is 9.77. The van der Waals surface area contributed by atoms with Crippen LogP contribution in [0.25, 0.3) is 0 Å². The minimum Gasteiger partial charge on any atom is -0.324 e. The molecular formula is C17H18ClN. The van der Waals surface area contributed by atoms with Crippen molar-refractivity contribution in [1.82, 2.24) is 0 Å². The molecule has 2 N–H and O–H groups in total. The first-order valence-corrected chi connectivity index (χ1v) is 7.15. The summed E-state index contributed by atoms with van der Waals surface area (Å²) in [6.07, 6.45) is 2.16. The lowest BCUT2D eigenvalue weighted by molar-refractivity contribution is 0.530. The molecule has 0 amide bonds. The van der Waals surface area contributed by atoms with Crippen LogP contribution < -0.4 is 5.73 Å². The number of hydrogen-bond acceptors (Lipinski definition) is 1. The Kier molecular flexibility index (Phi) is 3.34. The van der Waals surface area contributed by atoms with E-state index < -0.39 is 0 Å². The topological polar surface area (TPSA) is 26.0 Å². The van der Waals surface area contributed by atoms with Gasteiger partial charge in [0.2, 0.25) is 0 Å². The molecule has 2 aromatic carbocycles. The van der Waals surface area contributed by atoms with Gasteiger partial charge in [-0.25, -0.2) is 0 Å². The molecule has 0 saturated carbocycles. The zero-order valence-electron chi connectivity index (χ0n) is 11.1. The van der Waals surface area contributed by atoms with Gasteiger partial charge >= 0.3 is 0 Å². The van der Waals surface area contributed by atoms with Crippen LogP contribution >= 0.6 is 11.6 Å². The van der Waals surface area contributed by atoms with Crippen LogP contribution in [0.3, 0.4) is 0 Å². The highest BCUT2D eigenvalue weighted by molar-refractivity contribution is 6.31. The highest BCUT2D eigenvalue weighted by Gasteiger charge is 2.25. The summed E-state index contributed by atoms with van der Waals surface area (Å²) in [5.74, 6) is 0.451. The lowest BCUT2D eigenvalue weighted by Gasteiger charge is -2.30. The van der Waals surface area contributed by atoms with Gasteiger partial charge in [0.25, 0.3) is 0 Å². The molecule has 0 fully saturated rings. The van der Waals surface area contributed by atoms with E-state index in [1.807, 2.05) is 6.07 Å². The van der Waals surface area contributed by atoms with Gasteiger partial charge in [-0.2, -0.15) is 0 Å². The van der Waals surface area contributed by atoms with Gasteiger partial charge in [0.15, 0.2) is 0 Å². The van der Waals surface area contributed by atoms with Crippen LogP contribution in [-0.2, 0) is 0 Å². The first-order chi connectivity index (χ1) is 9.16. The fourth-order valence-electron chi connectivity index (χ4n) is 3.05. The molecule has 0 spiro atoms. The number of benzene rings is 2. The van der Waals surface area contributed by atoms with Crippen molar-refractivity contribution >= 4 is 11.6 Å². The van der Waals surface area contributed by atoms with Crippen LogP contribution in [0.5, 0.6) is 0 Å². The van der Waals surface area contributed by atoms with E-state index in [4.69, 9.17) is 17.3 Å². The molecule has 19 heavy (non-hydrogen) atoms. The van der Waals surface area contributed by atoms with Gasteiger partial charge in [-0.15, -0.1) is 0 Å². The van der Waals surface area contributed by atoms with Crippen molar-refractivity contribution < 1.29 is 0 Å². The Morgan fingerprint density at radius 2 is 1.79 bits per heavy atom. The van der Waals surface area contributed by atoms with Crippen LogP contribution in [0, 0.1) is 6.92 Å². The quantitative estimate of drug-likeness (QED) is 0.808. The van der Waals surface area contributed by atoms with Crippen molar-refractivity contribution in [3.63, 3.8) is 0 Å². The van der Waals surface area contributed by atoms with Crippen LogP contribution in [0.15, 0.2) is 42.5 Å². The normalized spacial score (nSPS) is 22.1. The Bertz CT molecular complexity index is 606. The van der Waals surface area contributed by atoms with E-state index in [0.29, 0.717) is 5.92 Å². The lowest BCUT2D eigenvalue weighted by Crippen LogP contribution is -2.21. The largest absolute Gasteiger partial charge is 0.324 e. The van der Waals surface area contributed by atoms with E-state index in [-0.39, 0.29) is 6.04 Å². The summed E-state index contributed by atoms with van der Waals surface area (Å²) < 4.78 is 0. The first-order valence-electron chi connectivity index (χ1n) is 6.77. The molecule has 2 atom stereocenters. The molecule has 2 heteroatoms. The number of rotatable bonds is 1. The Morgan fingerprint density at radius 1 is 1.05 bits per heavy atom. The zero-order valence-corrected chi connectivity index (χ0v) is 11.8. The fourth-order valence-corrected chi connectivity index (χ4v) is 3.17. The van der Waals surface area contributed by atoms with E-state index in [1.165, 1.54) is 16.7 Å². The third kappa shape index (κ3) is 2.29. The average Bonchev–Trinajstić information content (AvgIpc) is 2.43. The standard InChI is InChI=1S/C17H18ClN/c1-11-10-12(6-8-16(11)18)13-7-9-17(19)15-5-3-2-4-14(13)15/h2-6,8,10,13,17H,7,9,19H2,1H3/t13?,17-/m0/s1. The van der Waals surface area contributed by atoms with Gasteiger partial charge in [-0.3, -0.25) is 0 Å². The van der Waals surface area contributed by atoms with Gasteiger partial charge in [-0.1, -0.05) is 48.0 Å². The smallest absolute Gasteiger partial charge is 0.0435 e. The zero-order chi connectivity index (χ0) is 13.4. The van der Waals surface area contributed by atoms with Gasteiger partial charge in [-0.05, 0) is 48.1 Å². The maximum absolute atomic E-state index is 6.22. The third-order valence-corrected chi connectivity index (χ3v) is 4.55. The molecule has 0 radical (unpaired) electrons. The Balaban J connectivity index is 2.07. The van der Waals surface area contributed by atoms with Gasteiger partial charge in [0, 0.05) is 17.0 Å². The van der Waals surface area contributed by atoms with Gasteiger partial charge in [0.1, 0.15) is 0 Å². The molecule has 0 aliphatic heterocycles. The molecule has 1 aliphatic carbocycles. The van der Waals surface area contributed by atoms with Crippen molar-refractivity contribution in [2.24, 2.45) is 5.73 Å². The molecule has 0 aromatic heterocycles. The number of aryl methyl sites for hydroxylation is 1. The average molecular weight is 272 g/mol. The second-order valence-corrected chi connectivity index (χ2v) is 5.78. The molecule has 3 rings (SSSR count). The highest BCUT2D eigenvalue weighted by Crippen LogP contribution is 2.40. The summed E-state index contributed by atoms with van der Waals surface area (Å²) in [5, 5.41) is 0.838. The molecule has 1 nitrogen and oxygen atoms in total. The number of halogens is 1. The highest BCUT2D eigenvalue weighted by atomic mass is 35.5. The van der Waals surface area contributed by atoms with Crippen LogP contribution in [0.4, 0.5) is 0 Å². The maximum atomic E-state index is 6.22. The minimum atomic E-state index is 0.181. The molecule has 1 unspecified atom stereocenters. The Labute approximate surface area is 119 Å². The van der Waals surface area contributed by atoms with E-state index in [1.54, 1.807) is 0 Å². The maximum Gasteiger partial charge on any atom is 0.0435 e. The van der Waals surface area contributed by atoms with E-state index in [0.717, 1.165) is 23.4 Å². The SMILES string of the molecule is Cc1cc(C2CC[C@H](N)c3ccccc32)ccc1Cl. The van der Waals surface area contributed by atoms with Crippen LogP contribution in [0.2, 0.25) is 5.02 Å². The first kappa shape index (κ1) is 12.7. The molecule has 0 saturated heterocycles. The second-order valence-electron chi connectivity index (χ2n) is 5.37. The van der Waals surface area contributed by atoms with E-state index in [9.17, 15) is 0 Å². The second kappa shape index (κ2) is 4.99. The summed E-state index contributed by atoms with van der Waals surface area (Å²) in [6.45, 7) is 2.06. The van der Waals surface area contributed by atoms with Crippen molar-refractivity contribution in [1.29, 1.82) is 0 Å². The monoisotopic (exact) mass is 271 g/mol. The number of nitrogens with two attached hydrogens (primary N) is 1. The number of fused-ring (bicyclic) bond motifs is 1. The van der Waals surface area contributed by atoms with E-state index >= 15 is 0 Å². The Morgan fingerprint density at radius 3 is 2.53 bits per heavy atom. The molecule has 0 heterocycles. The van der Waals surface area contributed by atoms with Crippen molar-refractivity contribution in [2.75, 3.05) is 0 Å². The predicted octanol–water partition coefficient (Wildman–Crippen LogP) is 4.57. The number of hydrogen-bond donors (Lipinski definition) is 1. The summed E-state index contributed by atoms with van der Waals surface area (Å²) in [4.78, 5) is 0. The summed E-state index contributed by atoms with van der Waals surface area (Å²) in [6, 6.07) is 15.1. The van der Waals surface area contributed by atoms with Gasteiger partial charge in [0.05, 0.1) is 0 Å². The molecule has 0 bridgehead atoms. The molecule has 98 valence electrons. The summed E-state index contributed by atoms with van der Waals surface area (Å²) in [5.41, 5.74) is 11.4. The minimum absolute atomic E-state index is 0.181. The predicted molar refractivity (Wildman–Crippen MR) is 80.6 cm³/mol. The summed E-state index contributed by atoms with van der Waals surface area (Å²) >= 11 is 6.12. The van der Waals surface area contributed by atoms with Crippen LogP contribution in [-0.4, -0.2) is 0 Å². The summed E-state index contributed by atoms with van der Waals surface area (Å²) in [7, 11) is 0. The third-order valence-electron chi connectivity index (χ3n) is 4.12. The Hall–Kier alpha value is -1.31. The molecular weight excluding hydrogens is 254 g/mol. The van der Waals surface area contributed by atoms with Crippen molar-refractivity contribution in [2.45, 2.75) is 31.7 Å². The molecule has 2 aromatic rings. The van der Waals surface area contributed by atoms with E-state index in [2.05, 4.69) is 43.3 Å². The van der Waals surface area contributed by atoms with Crippen molar-refractivity contribution in [3.05, 3.63) is 69.7 Å². The van der Waals surface area contributed by atoms with Crippen molar-refractivity contribution in [3.8, 4) is 0 Å².